The average molecular weight is 445 g/mol. The Morgan fingerprint density at radius 2 is 2.10 bits per heavy atom. The molecule has 2 aliphatic heterocycles. The van der Waals surface area contributed by atoms with Crippen molar-refractivity contribution in [3.05, 3.63) is 40.3 Å². The lowest BCUT2D eigenvalue weighted by atomic mass is 9.99. The van der Waals surface area contributed by atoms with Crippen molar-refractivity contribution >= 4 is 29.5 Å². The third-order valence-corrected chi connectivity index (χ3v) is 5.96. The molecule has 0 bridgehead atoms. The van der Waals surface area contributed by atoms with Crippen LogP contribution in [0.4, 0.5) is 10.5 Å². The quantitative estimate of drug-likeness (QED) is 0.728. The van der Waals surface area contributed by atoms with Gasteiger partial charge in [0.05, 0.1) is 16.4 Å². The number of hydrogen-bond donors (Lipinski definition) is 2. The number of amides is 1. The molecule has 9 nitrogen and oxygen atoms in total. The van der Waals surface area contributed by atoms with E-state index >= 15 is 0 Å². The molecule has 10 heteroatoms. The molecular formula is C21H28N6O3S. The van der Waals surface area contributed by atoms with Crippen molar-refractivity contribution in [2.75, 3.05) is 18.1 Å². The first kappa shape index (κ1) is 21.4. The van der Waals surface area contributed by atoms with Crippen molar-refractivity contribution < 1.29 is 14.3 Å². The molecule has 1 amide bonds. The topological polar surface area (TPSA) is 91.3 Å². The Morgan fingerprint density at radius 3 is 2.81 bits per heavy atom. The number of carbonyl (C=O) groups excluding carboxylic acids is 1. The fraction of sp³-hybridized carbons (Fsp3) is 0.476. The highest BCUT2D eigenvalue weighted by Gasteiger charge is 2.29. The summed E-state index contributed by atoms with van der Waals surface area (Å²) >= 11 is 1.63. The van der Waals surface area contributed by atoms with E-state index in [9.17, 15) is 4.79 Å². The second kappa shape index (κ2) is 9.11. The molecule has 0 radical (unpaired) electrons. The standard InChI is InChI=1S/C21H28N6O3S/c1-21(2,3)30-20(28)26-10-4-5-15(11-26)19-23-16(13-31-19)12-29-18-8-6-17(7-9-18)27-14-22-24-25-27/h6-9,13-15,24-25H,4-5,10-12H2,1-3H3. The Labute approximate surface area is 186 Å². The van der Waals surface area contributed by atoms with Gasteiger partial charge in [0.2, 0.25) is 0 Å². The first-order chi connectivity index (χ1) is 14.9. The van der Waals surface area contributed by atoms with E-state index in [4.69, 9.17) is 14.5 Å². The molecule has 2 aromatic rings. The van der Waals surface area contributed by atoms with Gasteiger partial charge in [-0.15, -0.1) is 16.9 Å². The van der Waals surface area contributed by atoms with Crippen LogP contribution in [-0.2, 0) is 11.3 Å². The molecule has 31 heavy (non-hydrogen) atoms. The predicted molar refractivity (Wildman–Crippen MR) is 120 cm³/mol. The van der Waals surface area contributed by atoms with Gasteiger partial charge >= 0.3 is 6.09 Å². The van der Waals surface area contributed by atoms with Crippen LogP contribution >= 0.6 is 11.3 Å². The highest BCUT2D eigenvalue weighted by Crippen LogP contribution is 2.30. The minimum Gasteiger partial charge on any atom is -0.487 e. The van der Waals surface area contributed by atoms with Gasteiger partial charge in [0.15, 0.2) is 0 Å². The molecule has 1 fully saturated rings. The number of thiazole rings is 1. The van der Waals surface area contributed by atoms with Gasteiger partial charge in [-0.05, 0) is 57.9 Å². The fourth-order valence-corrected chi connectivity index (χ4v) is 4.37. The van der Waals surface area contributed by atoms with Gasteiger partial charge in [0.25, 0.3) is 0 Å². The van der Waals surface area contributed by atoms with Gasteiger partial charge in [0, 0.05) is 24.4 Å². The number of likely N-dealkylation sites (tertiary alicyclic amines) is 1. The van der Waals surface area contributed by atoms with Crippen molar-refractivity contribution in [1.82, 2.24) is 21.0 Å². The van der Waals surface area contributed by atoms with Crippen LogP contribution in [0.1, 0.15) is 50.2 Å². The second-order valence-corrected chi connectivity index (χ2v) is 9.45. The van der Waals surface area contributed by atoms with E-state index in [1.807, 2.05) is 50.4 Å². The molecule has 166 valence electrons. The lowest BCUT2D eigenvalue weighted by Gasteiger charge is -2.33. The van der Waals surface area contributed by atoms with Gasteiger partial charge in [0.1, 0.15) is 24.3 Å². The molecule has 0 spiro atoms. The summed E-state index contributed by atoms with van der Waals surface area (Å²) in [5.41, 5.74) is 6.91. The van der Waals surface area contributed by atoms with Gasteiger partial charge in [-0.2, -0.15) is 5.10 Å². The number of nitrogens with one attached hydrogen (secondary N) is 2. The van der Waals surface area contributed by atoms with Crippen molar-refractivity contribution in [1.29, 1.82) is 0 Å². The lowest BCUT2D eigenvalue weighted by molar-refractivity contribution is 0.0198. The predicted octanol–water partition coefficient (Wildman–Crippen LogP) is 3.61. The maximum absolute atomic E-state index is 12.4. The molecule has 0 aliphatic carbocycles. The van der Waals surface area contributed by atoms with Crippen LogP contribution in [-0.4, -0.2) is 41.0 Å². The monoisotopic (exact) mass is 444 g/mol. The van der Waals surface area contributed by atoms with Crippen LogP contribution in [0.5, 0.6) is 5.75 Å². The molecule has 4 rings (SSSR count). The molecule has 2 N–H and O–H groups in total. The zero-order valence-electron chi connectivity index (χ0n) is 18.0. The van der Waals surface area contributed by atoms with Crippen LogP contribution in [0.3, 0.4) is 0 Å². The van der Waals surface area contributed by atoms with Crippen molar-refractivity contribution in [2.24, 2.45) is 5.10 Å². The van der Waals surface area contributed by atoms with Crippen LogP contribution in [0, 0.1) is 0 Å². The molecule has 1 atom stereocenters. The lowest BCUT2D eigenvalue weighted by Crippen LogP contribution is -2.42. The van der Waals surface area contributed by atoms with Gasteiger partial charge in [-0.3, -0.25) is 0 Å². The van der Waals surface area contributed by atoms with E-state index in [0.29, 0.717) is 13.2 Å². The summed E-state index contributed by atoms with van der Waals surface area (Å²) < 4.78 is 11.4. The number of hydrazone groups is 1. The summed E-state index contributed by atoms with van der Waals surface area (Å²) in [6, 6.07) is 7.72. The number of benzene rings is 1. The smallest absolute Gasteiger partial charge is 0.410 e. The Bertz CT molecular complexity index is 924. The molecule has 1 unspecified atom stereocenters. The second-order valence-electron chi connectivity index (χ2n) is 8.56. The molecule has 2 aliphatic rings. The van der Waals surface area contributed by atoms with E-state index in [1.165, 1.54) is 0 Å². The van der Waals surface area contributed by atoms with Gasteiger partial charge < -0.3 is 14.4 Å². The molecule has 1 aromatic carbocycles. The number of rotatable bonds is 5. The normalized spacial score (nSPS) is 18.7. The summed E-state index contributed by atoms with van der Waals surface area (Å²) in [6.45, 7) is 7.46. The highest BCUT2D eigenvalue weighted by molar-refractivity contribution is 7.09. The van der Waals surface area contributed by atoms with Crippen molar-refractivity contribution in [3.8, 4) is 5.75 Å². The Hall–Kier alpha value is -2.85. The Morgan fingerprint density at radius 1 is 1.29 bits per heavy atom. The minimum absolute atomic E-state index is 0.238. The summed E-state index contributed by atoms with van der Waals surface area (Å²) in [4.78, 5) is 19.0. The van der Waals surface area contributed by atoms with Gasteiger partial charge in [-0.1, -0.05) is 0 Å². The maximum atomic E-state index is 12.4. The van der Waals surface area contributed by atoms with Crippen molar-refractivity contribution in [2.45, 2.75) is 51.7 Å². The zero-order chi connectivity index (χ0) is 21.8. The third-order valence-electron chi connectivity index (χ3n) is 4.90. The average Bonchev–Trinajstić information content (AvgIpc) is 3.44. The van der Waals surface area contributed by atoms with E-state index in [0.717, 1.165) is 41.5 Å². The molecule has 3 heterocycles. The SMILES string of the molecule is CC(C)(C)OC(=O)N1CCCC(c2nc(COc3ccc(N4C=NNN4)cc3)cs2)C1. The van der Waals surface area contributed by atoms with E-state index < -0.39 is 5.60 Å². The van der Waals surface area contributed by atoms with E-state index in [2.05, 4.69) is 16.2 Å². The maximum Gasteiger partial charge on any atom is 0.410 e. The number of carbonyl (C=O) groups is 1. The zero-order valence-corrected chi connectivity index (χ0v) is 18.8. The number of ether oxygens (including phenoxy) is 2. The summed E-state index contributed by atoms with van der Waals surface area (Å²) in [6.07, 6.45) is 3.39. The van der Waals surface area contributed by atoms with E-state index in [-0.39, 0.29) is 12.0 Å². The van der Waals surface area contributed by atoms with Crippen LogP contribution in [0.2, 0.25) is 0 Å². The molecule has 1 saturated heterocycles. The molecule has 0 saturated carbocycles. The summed E-state index contributed by atoms with van der Waals surface area (Å²) in [5.74, 6) is 1.01. The van der Waals surface area contributed by atoms with Crippen LogP contribution < -0.4 is 20.8 Å². The highest BCUT2D eigenvalue weighted by atomic mass is 32.1. The third kappa shape index (κ3) is 5.65. The number of hydrogen-bond acceptors (Lipinski definition) is 9. The number of nitrogens with zero attached hydrogens (tertiary/aromatic N) is 4. The first-order valence-electron chi connectivity index (χ1n) is 10.4. The largest absolute Gasteiger partial charge is 0.487 e. The van der Waals surface area contributed by atoms with Crippen LogP contribution in [0.15, 0.2) is 34.7 Å². The first-order valence-corrected chi connectivity index (χ1v) is 11.2. The number of piperidine rings is 1. The molecule has 1 aromatic heterocycles. The van der Waals surface area contributed by atoms with Crippen LogP contribution in [0.25, 0.3) is 0 Å². The van der Waals surface area contributed by atoms with E-state index in [1.54, 1.807) is 27.6 Å². The molecular weight excluding hydrogens is 416 g/mol. The number of aromatic nitrogens is 1. The van der Waals surface area contributed by atoms with Gasteiger partial charge in [-0.25, -0.2) is 20.3 Å². The number of hydrazine groups is 2. The Kier molecular flexibility index (Phi) is 6.28. The summed E-state index contributed by atoms with van der Waals surface area (Å²) in [5, 5.41) is 8.73. The minimum atomic E-state index is -0.483. The van der Waals surface area contributed by atoms with Crippen molar-refractivity contribution in [3.63, 3.8) is 0 Å². The number of anilines is 1. The fourth-order valence-electron chi connectivity index (χ4n) is 3.44. The summed E-state index contributed by atoms with van der Waals surface area (Å²) in [7, 11) is 0. The Balaban J connectivity index is 1.30.